The highest BCUT2D eigenvalue weighted by Crippen LogP contribution is 2.37. The van der Waals surface area contributed by atoms with Crippen LogP contribution in [0.4, 0.5) is 4.39 Å². The zero-order valence-electron chi connectivity index (χ0n) is 15.8. The van der Waals surface area contributed by atoms with Crippen LogP contribution in [-0.2, 0) is 6.42 Å². The summed E-state index contributed by atoms with van der Waals surface area (Å²) < 4.78 is 13.0. The van der Waals surface area contributed by atoms with Crippen LogP contribution in [-0.4, -0.2) is 22.5 Å². The van der Waals surface area contributed by atoms with Crippen LogP contribution in [0.25, 0.3) is 0 Å². The first-order valence-electron chi connectivity index (χ1n) is 9.87. The number of nitrogens with one attached hydrogen (secondary N) is 1. The van der Waals surface area contributed by atoms with Crippen LogP contribution in [0.5, 0.6) is 0 Å². The predicted octanol–water partition coefficient (Wildman–Crippen LogP) is 3.33. The van der Waals surface area contributed by atoms with Crippen molar-refractivity contribution in [3.63, 3.8) is 0 Å². The average molecular weight is 377 g/mol. The second-order valence-corrected chi connectivity index (χ2v) is 7.93. The van der Waals surface area contributed by atoms with Crippen LogP contribution in [0, 0.1) is 17.7 Å². The summed E-state index contributed by atoms with van der Waals surface area (Å²) in [5.74, 6) is 5.23. The van der Waals surface area contributed by atoms with Gasteiger partial charge < -0.3 is 11.1 Å². The van der Waals surface area contributed by atoms with E-state index in [0.717, 1.165) is 36.6 Å². The number of aromatic nitrogens is 1. The first-order valence-corrected chi connectivity index (χ1v) is 9.87. The molecule has 1 amide bonds. The number of rotatable bonds is 5. The molecule has 144 valence electrons. The molecule has 4 nitrogen and oxygen atoms in total. The zero-order chi connectivity index (χ0) is 19.6. The lowest BCUT2D eigenvalue weighted by Gasteiger charge is -2.31. The fraction of sp³-hybridized carbons (Fsp3) is 0.391. The van der Waals surface area contributed by atoms with Gasteiger partial charge in [0, 0.05) is 22.7 Å². The highest BCUT2D eigenvalue weighted by Gasteiger charge is 2.39. The van der Waals surface area contributed by atoms with E-state index in [4.69, 9.17) is 5.73 Å². The predicted molar refractivity (Wildman–Crippen MR) is 106 cm³/mol. The van der Waals surface area contributed by atoms with Crippen molar-refractivity contribution in [1.29, 1.82) is 0 Å². The third-order valence-electron chi connectivity index (χ3n) is 5.61. The Kier molecular flexibility index (Phi) is 5.15. The first-order chi connectivity index (χ1) is 13.5. The van der Waals surface area contributed by atoms with E-state index in [1.807, 2.05) is 6.07 Å². The van der Waals surface area contributed by atoms with Crippen molar-refractivity contribution in [2.75, 3.05) is 0 Å². The highest BCUT2D eigenvalue weighted by molar-refractivity contribution is 5.94. The number of nitrogens with two attached hydrogens (primary N) is 1. The van der Waals surface area contributed by atoms with E-state index in [1.165, 1.54) is 31.7 Å². The number of amides is 1. The van der Waals surface area contributed by atoms with Gasteiger partial charge in [-0.2, -0.15) is 0 Å². The third-order valence-corrected chi connectivity index (χ3v) is 5.61. The van der Waals surface area contributed by atoms with E-state index in [2.05, 4.69) is 22.1 Å². The van der Waals surface area contributed by atoms with E-state index in [9.17, 15) is 9.18 Å². The minimum Gasteiger partial charge on any atom is -0.366 e. The second-order valence-electron chi connectivity index (χ2n) is 7.93. The Hall–Kier alpha value is -2.71. The largest absolute Gasteiger partial charge is 0.366 e. The Morgan fingerprint density at radius 1 is 1.21 bits per heavy atom. The molecule has 0 unspecified atom stereocenters. The molecule has 1 aromatic carbocycles. The lowest BCUT2D eigenvalue weighted by molar-refractivity contribution is 0.0999. The molecule has 5 heteroatoms. The van der Waals surface area contributed by atoms with Crippen LogP contribution in [0.3, 0.4) is 0 Å². The summed E-state index contributed by atoms with van der Waals surface area (Å²) in [4.78, 5) is 15.9. The van der Waals surface area contributed by atoms with E-state index in [-0.39, 0.29) is 11.4 Å². The molecule has 0 aliphatic heterocycles. The monoisotopic (exact) mass is 377 g/mol. The van der Waals surface area contributed by atoms with Crippen LogP contribution in [0.1, 0.15) is 65.7 Å². The van der Waals surface area contributed by atoms with Crippen molar-refractivity contribution in [1.82, 2.24) is 10.3 Å². The van der Waals surface area contributed by atoms with Gasteiger partial charge in [0.1, 0.15) is 11.5 Å². The van der Waals surface area contributed by atoms with Gasteiger partial charge in [-0.3, -0.25) is 4.79 Å². The number of carbonyl (C=O) groups excluding carboxylic acids is 1. The summed E-state index contributed by atoms with van der Waals surface area (Å²) in [6.45, 7) is 0. The summed E-state index contributed by atoms with van der Waals surface area (Å²) >= 11 is 0. The van der Waals surface area contributed by atoms with Gasteiger partial charge in [-0.25, -0.2) is 9.37 Å². The molecule has 0 spiro atoms. The Morgan fingerprint density at radius 2 is 2.00 bits per heavy atom. The molecule has 0 radical (unpaired) electrons. The quantitative estimate of drug-likeness (QED) is 0.786. The Bertz CT molecular complexity index is 933. The van der Waals surface area contributed by atoms with Crippen molar-refractivity contribution < 1.29 is 9.18 Å². The zero-order valence-corrected chi connectivity index (χ0v) is 15.8. The van der Waals surface area contributed by atoms with Gasteiger partial charge in [0.05, 0.1) is 6.20 Å². The fourth-order valence-corrected chi connectivity index (χ4v) is 4.09. The van der Waals surface area contributed by atoms with Crippen molar-refractivity contribution in [3.8, 4) is 11.8 Å². The summed E-state index contributed by atoms with van der Waals surface area (Å²) in [6.07, 6.45) is 9.07. The molecule has 2 aromatic rings. The van der Waals surface area contributed by atoms with Crippen LogP contribution < -0.4 is 11.1 Å². The Balaban J connectivity index is 1.62. The molecule has 1 heterocycles. The number of primary amides is 1. The van der Waals surface area contributed by atoms with Gasteiger partial charge in [0.25, 0.3) is 0 Å². The fourth-order valence-electron chi connectivity index (χ4n) is 4.09. The molecule has 2 aliphatic carbocycles. The maximum absolute atomic E-state index is 13.0. The van der Waals surface area contributed by atoms with Crippen LogP contribution in [0.15, 0.2) is 36.5 Å². The summed E-state index contributed by atoms with van der Waals surface area (Å²) in [7, 11) is 0. The molecule has 4 rings (SSSR count). The minimum absolute atomic E-state index is 0.0515. The Labute approximate surface area is 164 Å². The van der Waals surface area contributed by atoms with Gasteiger partial charge in [0.2, 0.25) is 5.91 Å². The lowest BCUT2D eigenvalue weighted by atomic mass is 9.86. The number of hydrogen-bond donors (Lipinski definition) is 2. The number of carbonyl (C=O) groups is 1. The molecule has 28 heavy (non-hydrogen) atoms. The molecule has 2 fully saturated rings. The van der Waals surface area contributed by atoms with Crippen LogP contribution >= 0.6 is 0 Å². The Morgan fingerprint density at radius 3 is 2.64 bits per heavy atom. The number of benzene rings is 1. The maximum Gasteiger partial charge on any atom is 0.248 e. The van der Waals surface area contributed by atoms with E-state index < -0.39 is 5.91 Å². The maximum atomic E-state index is 13.0. The average Bonchev–Trinajstić information content (AvgIpc) is 3.37. The number of hydrogen-bond acceptors (Lipinski definition) is 3. The topological polar surface area (TPSA) is 68.0 Å². The number of nitrogens with zero attached hydrogens (tertiary/aromatic N) is 1. The summed E-state index contributed by atoms with van der Waals surface area (Å²) in [5, 5.41) is 3.83. The van der Waals surface area contributed by atoms with Crippen molar-refractivity contribution in [3.05, 3.63) is 64.7 Å². The molecule has 1 aromatic heterocycles. The first kappa shape index (κ1) is 18.6. The summed E-state index contributed by atoms with van der Waals surface area (Å²) in [6, 6.07) is 9.03. The van der Waals surface area contributed by atoms with Crippen molar-refractivity contribution in [2.24, 2.45) is 5.73 Å². The smallest absolute Gasteiger partial charge is 0.248 e. The van der Waals surface area contributed by atoms with Crippen molar-refractivity contribution in [2.45, 2.75) is 56.5 Å². The normalized spacial score (nSPS) is 17.8. The van der Waals surface area contributed by atoms with E-state index in [1.54, 1.807) is 18.2 Å². The lowest BCUT2D eigenvalue weighted by Crippen LogP contribution is -2.46. The molecule has 0 bridgehead atoms. The van der Waals surface area contributed by atoms with Gasteiger partial charge in [-0.1, -0.05) is 18.8 Å². The molecular weight excluding hydrogens is 353 g/mol. The summed E-state index contributed by atoms with van der Waals surface area (Å²) in [5.41, 5.74) is 8.50. The number of halogens is 1. The highest BCUT2D eigenvalue weighted by atomic mass is 19.1. The van der Waals surface area contributed by atoms with Gasteiger partial charge in [-0.05, 0) is 73.9 Å². The number of pyridine rings is 1. The standard InChI is InChI=1S/C23H24FN3O/c24-18-5-7-19(26-15-18)6-3-16-4-10-21(22(25)28)17(13-16)14-23(11-1-2-12-23)27-20-8-9-20/h4-5,7,10,13,15,20,27H,1-2,8-9,11-12,14H2,(H2,25,28). The van der Waals surface area contributed by atoms with Crippen molar-refractivity contribution >= 4 is 5.91 Å². The van der Waals surface area contributed by atoms with Crippen LogP contribution in [0.2, 0.25) is 0 Å². The molecule has 2 aliphatic rings. The van der Waals surface area contributed by atoms with E-state index in [0.29, 0.717) is 17.3 Å². The molecule has 3 N–H and O–H groups in total. The van der Waals surface area contributed by atoms with E-state index >= 15 is 0 Å². The van der Waals surface area contributed by atoms with Gasteiger partial charge in [-0.15, -0.1) is 0 Å². The second kappa shape index (κ2) is 7.73. The van der Waals surface area contributed by atoms with Gasteiger partial charge >= 0.3 is 0 Å². The molecule has 2 saturated carbocycles. The third kappa shape index (κ3) is 4.40. The molecular formula is C23H24FN3O. The molecule has 0 atom stereocenters. The molecule has 0 saturated heterocycles. The SMILES string of the molecule is NC(=O)c1ccc(C#Cc2ccc(F)cn2)cc1CC1(NC2CC2)CCCC1. The minimum atomic E-state index is -0.408. The van der Waals surface area contributed by atoms with Gasteiger partial charge in [0.15, 0.2) is 0 Å².